The maximum Gasteiger partial charge on any atom is 0.119 e. The smallest absolute Gasteiger partial charge is 0.119 e. The Morgan fingerprint density at radius 1 is 1.00 bits per heavy atom. The van der Waals surface area contributed by atoms with Crippen molar-refractivity contribution in [3.8, 4) is 5.75 Å². The summed E-state index contributed by atoms with van der Waals surface area (Å²) in [6.45, 7) is 5.23. The van der Waals surface area contributed by atoms with Crippen LogP contribution < -0.4 is 4.74 Å². The number of unbranched alkanes of at least 4 members (excludes halogenated alkanes) is 1. The summed E-state index contributed by atoms with van der Waals surface area (Å²) in [5, 5.41) is 0.461. The highest BCUT2D eigenvalue weighted by atomic mass is 32.2. The molecule has 1 unspecified atom stereocenters. The van der Waals surface area contributed by atoms with E-state index in [1.165, 1.54) is 16.9 Å². The Morgan fingerprint density at radius 2 is 1.70 bits per heavy atom. The third kappa shape index (κ3) is 4.61. The molecule has 2 aromatic carbocycles. The van der Waals surface area contributed by atoms with Gasteiger partial charge in [0, 0.05) is 10.1 Å². The zero-order valence-electron chi connectivity index (χ0n) is 12.2. The molecule has 2 heteroatoms. The van der Waals surface area contributed by atoms with Crippen LogP contribution in [0, 0.1) is 0 Å². The highest BCUT2D eigenvalue weighted by molar-refractivity contribution is 7.99. The Balaban J connectivity index is 1.90. The van der Waals surface area contributed by atoms with Crippen molar-refractivity contribution in [2.75, 3.05) is 6.61 Å². The highest BCUT2D eigenvalue weighted by Crippen LogP contribution is 2.35. The van der Waals surface area contributed by atoms with Crippen LogP contribution >= 0.6 is 11.8 Å². The van der Waals surface area contributed by atoms with Crippen molar-refractivity contribution in [2.45, 2.75) is 36.8 Å². The topological polar surface area (TPSA) is 9.23 Å². The number of benzene rings is 2. The van der Waals surface area contributed by atoms with Crippen molar-refractivity contribution in [1.29, 1.82) is 0 Å². The molecule has 106 valence electrons. The molecule has 0 radical (unpaired) electrons. The van der Waals surface area contributed by atoms with E-state index >= 15 is 0 Å². The van der Waals surface area contributed by atoms with E-state index in [2.05, 4.69) is 68.4 Å². The molecule has 0 saturated heterocycles. The largest absolute Gasteiger partial charge is 0.494 e. The van der Waals surface area contributed by atoms with Crippen molar-refractivity contribution in [3.63, 3.8) is 0 Å². The summed E-state index contributed by atoms with van der Waals surface area (Å²) in [5.41, 5.74) is 1.36. The summed E-state index contributed by atoms with van der Waals surface area (Å²) in [4.78, 5) is 1.28. The van der Waals surface area contributed by atoms with Crippen LogP contribution in [0.1, 0.15) is 37.5 Å². The second-order valence-electron chi connectivity index (χ2n) is 4.84. The van der Waals surface area contributed by atoms with Gasteiger partial charge in [0.25, 0.3) is 0 Å². The van der Waals surface area contributed by atoms with Gasteiger partial charge in [-0.15, -0.1) is 11.8 Å². The molecule has 0 aromatic heterocycles. The minimum absolute atomic E-state index is 0.461. The van der Waals surface area contributed by atoms with Crippen molar-refractivity contribution < 1.29 is 4.74 Å². The molecule has 0 aliphatic carbocycles. The molecule has 1 nitrogen and oxygen atoms in total. The summed E-state index contributed by atoms with van der Waals surface area (Å²) >= 11 is 1.88. The van der Waals surface area contributed by atoms with Gasteiger partial charge < -0.3 is 4.74 Å². The first-order valence-electron chi connectivity index (χ1n) is 7.24. The molecule has 0 aliphatic rings. The fourth-order valence-corrected chi connectivity index (χ4v) is 2.94. The lowest BCUT2D eigenvalue weighted by Gasteiger charge is -2.12. The number of hydrogen-bond acceptors (Lipinski definition) is 2. The zero-order chi connectivity index (χ0) is 14.2. The van der Waals surface area contributed by atoms with Crippen molar-refractivity contribution in [2.24, 2.45) is 0 Å². The van der Waals surface area contributed by atoms with Crippen LogP contribution in [0.15, 0.2) is 59.5 Å². The Kier molecular flexibility index (Phi) is 6.00. The highest BCUT2D eigenvalue weighted by Gasteiger charge is 2.06. The van der Waals surface area contributed by atoms with E-state index in [4.69, 9.17) is 4.74 Å². The Hall–Kier alpha value is -1.41. The van der Waals surface area contributed by atoms with E-state index in [1.54, 1.807) is 0 Å². The third-order valence-electron chi connectivity index (χ3n) is 3.17. The van der Waals surface area contributed by atoms with Crippen LogP contribution in [-0.2, 0) is 0 Å². The minimum Gasteiger partial charge on any atom is -0.494 e. The van der Waals surface area contributed by atoms with Gasteiger partial charge in [0.1, 0.15) is 5.75 Å². The molecule has 0 saturated carbocycles. The first kappa shape index (κ1) is 15.0. The van der Waals surface area contributed by atoms with E-state index in [9.17, 15) is 0 Å². The molecule has 2 aromatic rings. The third-order valence-corrected chi connectivity index (χ3v) is 4.34. The Bertz CT molecular complexity index is 493. The molecule has 0 bridgehead atoms. The van der Waals surface area contributed by atoms with E-state index in [-0.39, 0.29) is 0 Å². The van der Waals surface area contributed by atoms with Gasteiger partial charge in [-0.3, -0.25) is 0 Å². The summed E-state index contributed by atoms with van der Waals surface area (Å²) in [5.74, 6) is 0.968. The SMILES string of the molecule is CCCCOc1ccc(SC(C)c2ccccc2)cc1. The summed E-state index contributed by atoms with van der Waals surface area (Å²) in [6.07, 6.45) is 2.28. The van der Waals surface area contributed by atoms with Gasteiger partial charge in [-0.2, -0.15) is 0 Å². The van der Waals surface area contributed by atoms with E-state index in [0.717, 1.165) is 18.8 Å². The molecular weight excluding hydrogens is 264 g/mol. The molecule has 0 fully saturated rings. The molecule has 0 spiro atoms. The fraction of sp³-hybridized carbons (Fsp3) is 0.333. The summed E-state index contributed by atoms with van der Waals surface area (Å²) < 4.78 is 5.68. The maximum absolute atomic E-state index is 5.68. The molecule has 1 atom stereocenters. The lowest BCUT2D eigenvalue weighted by molar-refractivity contribution is 0.309. The molecule has 20 heavy (non-hydrogen) atoms. The predicted molar refractivity (Wildman–Crippen MR) is 87.6 cm³/mol. The maximum atomic E-state index is 5.68. The van der Waals surface area contributed by atoms with Crippen molar-refractivity contribution in [3.05, 3.63) is 60.2 Å². The van der Waals surface area contributed by atoms with E-state index in [0.29, 0.717) is 5.25 Å². The van der Waals surface area contributed by atoms with Gasteiger partial charge in [0.2, 0.25) is 0 Å². The van der Waals surface area contributed by atoms with Crippen molar-refractivity contribution in [1.82, 2.24) is 0 Å². The second kappa shape index (κ2) is 8.01. The first-order valence-corrected chi connectivity index (χ1v) is 8.12. The van der Waals surface area contributed by atoms with Gasteiger partial charge in [-0.05, 0) is 43.2 Å². The molecule has 2 rings (SSSR count). The molecule has 0 N–H and O–H groups in total. The number of rotatable bonds is 7. The fourth-order valence-electron chi connectivity index (χ4n) is 1.95. The second-order valence-corrected chi connectivity index (χ2v) is 6.26. The minimum atomic E-state index is 0.461. The van der Waals surface area contributed by atoms with Crippen LogP contribution in [0.5, 0.6) is 5.75 Å². The Labute approximate surface area is 126 Å². The molecule has 0 aliphatic heterocycles. The zero-order valence-corrected chi connectivity index (χ0v) is 13.0. The van der Waals surface area contributed by atoms with Gasteiger partial charge >= 0.3 is 0 Å². The normalized spacial score (nSPS) is 12.1. The molecule has 0 amide bonds. The number of thioether (sulfide) groups is 1. The van der Waals surface area contributed by atoms with Crippen LogP contribution in [0.2, 0.25) is 0 Å². The van der Waals surface area contributed by atoms with Crippen LogP contribution in [0.25, 0.3) is 0 Å². The van der Waals surface area contributed by atoms with Crippen LogP contribution in [0.3, 0.4) is 0 Å². The molecule has 0 heterocycles. The van der Waals surface area contributed by atoms with Crippen LogP contribution in [0.4, 0.5) is 0 Å². The average Bonchev–Trinajstić information content (AvgIpc) is 2.50. The quantitative estimate of drug-likeness (QED) is 0.475. The van der Waals surface area contributed by atoms with Crippen molar-refractivity contribution >= 4 is 11.8 Å². The lowest BCUT2D eigenvalue weighted by atomic mass is 10.2. The summed E-state index contributed by atoms with van der Waals surface area (Å²) in [6, 6.07) is 19.0. The monoisotopic (exact) mass is 286 g/mol. The standard InChI is InChI=1S/C18H22OS/c1-3-4-14-19-17-10-12-18(13-11-17)20-15(2)16-8-6-5-7-9-16/h5-13,15H,3-4,14H2,1-2H3. The van der Waals surface area contributed by atoms with Gasteiger partial charge in [-0.1, -0.05) is 43.7 Å². The van der Waals surface area contributed by atoms with Gasteiger partial charge in [0.05, 0.1) is 6.61 Å². The lowest BCUT2D eigenvalue weighted by Crippen LogP contribution is -1.96. The first-order chi connectivity index (χ1) is 9.79. The van der Waals surface area contributed by atoms with Gasteiger partial charge in [0.15, 0.2) is 0 Å². The van der Waals surface area contributed by atoms with E-state index < -0.39 is 0 Å². The number of hydrogen-bond donors (Lipinski definition) is 0. The van der Waals surface area contributed by atoms with Gasteiger partial charge in [-0.25, -0.2) is 0 Å². The Morgan fingerprint density at radius 3 is 2.35 bits per heavy atom. The summed E-state index contributed by atoms with van der Waals surface area (Å²) in [7, 11) is 0. The van der Waals surface area contributed by atoms with Crippen LogP contribution in [-0.4, -0.2) is 6.61 Å². The average molecular weight is 286 g/mol. The van der Waals surface area contributed by atoms with E-state index in [1.807, 2.05) is 11.8 Å². The molecular formula is C18H22OS. The predicted octanol–water partition coefficient (Wildman–Crippen LogP) is 5.72. The number of ether oxygens (including phenoxy) is 1.